The van der Waals surface area contributed by atoms with Gasteiger partial charge in [0.15, 0.2) is 6.04 Å². The van der Waals surface area contributed by atoms with Gasteiger partial charge in [0.2, 0.25) is 27.7 Å². The lowest BCUT2D eigenvalue weighted by molar-refractivity contribution is -0.176. The highest BCUT2D eigenvalue weighted by molar-refractivity contribution is 7.91. The first kappa shape index (κ1) is 44.8. The van der Waals surface area contributed by atoms with Crippen LogP contribution in [0.3, 0.4) is 0 Å². The van der Waals surface area contributed by atoms with Gasteiger partial charge in [-0.1, -0.05) is 36.4 Å². The van der Waals surface area contributed by atoms with E-state index in [0.29, 0.717) is 40.9 Å². The molecule has 0 spiro atoms. The summed E-state index contributed by atoms with van der Waals surface area (Å²) < 4.78 is 50.4. The van der Waals surface area contributed by atoms with E-state index in [1.165, 1.54) is 18.1 Å². The molecule has 2 aliphatic heterocycles. The molecule has 3 heterocycles. The Morgan fingerprint density at radius 1 is 1.08 bits per heavy atom. The maximum Gasteiger partial charge on any atom is 0.408 e. The van der Waals surface area contributed by atoms with Crippen LogP contribution < -0.4 is 30.1 Å². The van der Waals surface area contributed by atoms with E-state index < -0.39 is 98.4 Å². The van der Waals surface area contributed by atoms with Crippen LogP contribution in [0.15, 0.2) is 67.3 Å². The molecular formula is C44H52N6O12S. The molecule has 18 nitrogen and oxygen atoms in total. The van der Waals surface area contributed by atoms with Crippen LogP contribution in [0.25, 0.3) is 22.2 Å². The van der Waals surface area contributed by atoms with E-state index in [9.17, 15) is 37.2 Å². The molecule has 7 atom stereocenters. The van der Waals surface area contributed by atoms with Crippen molar-refractivity contribution in [3.8, 4) is 22.8 Å². The van der Waals surface area contributed by atoms with Gasteiger partial charge in [0.05, 0.1) is 30.1 Å². The van der Waals surface area contributed by atoms with E-state index in [0.717, 1.165) is 5.56 Å². The Morgan fingerprint density at radius 3 is 2.43 bits per heavy atom. The van der Waals surface area contributed by atoms with E-state index in [1.807, 2.05) is 30.3 Å². The lowest BCUT2D eigenvalue weighted by Gasteiger charge is -2.33. The Bertz CT molecular complexity index is 2440. The number of benzene rings is 2. The second-order valence-corrected chi connectivity index (χ2v) is 19.3. The Hall–Kier alpha value is -6.24. The first-order valence-corrected chi connectivity index (χ1v) is 22.4. The quantitative estimate of drug-likeness (QED) is 0.120. The van der Waals surface area contributed by atoms with Gasteiger partial charge in [0, 0.05) is 41.8 Å². The lowest BCUT2D eigenvalue weighted by atomic mass is 10.1. The monoisotopic (exact) mass is 888 g/mol. The van der Waals surface area contributed by atoms with E-state index in [4.69, 9.17) is 23.9 Å². The van der Waals surface area contributed by atoms with Gasteiger partial charge >= 0.3 is 12.1 Å². The minimum Gasteiger partial charge on any atom is -0.497 e. The number of alkyl carbamates (subject to hydrolysis) is 1. The molecule has 1 unspecified atom stereocenters. The van der Waals surface area contributed by atoms with Crippen molar-refractivity contribution in [2.75, 3.05) is 13.7 Å². The number of pyridine rings is 1. The van der Waals surface area contributed by atoms with Gasteiger partial charge in [-0.15, -0.1) is 6.58 Å². The molecule has 63 heavy (non-hydrogen) atoms. The van der Waals surface area contributed by atoms with Gasteiger partial charge in [-0.25, -0.2) is 23.0 Å². The zero-order chi connectivity index (χ0) is 45.4. The van der Waals surface area contributed by atoms with Gasteiger partial charge in [-0.3, -0.25) is 23.9 Å². The third-order valence-electron chi connectivity index (χ3n) is 11.4. The zero-order valence-corrected chi connectivity index (χ0v) is 36.5. The highest BCUT2D eigenvalue weighted by Crippen LogP contribution is 2.46. The van der Waals surface area contributed by atoms with Crippen LogP contribution in [-0.4, -0.2) is 114 Å². The number of hydrogen-bond acceptors (Lipinski definition) is 13. The number of carbonyl (C=O) groups is 6. The van der Waals surface area contributed by atoms with Crippen molar-refractivity contribution in [2.45, 2.75) is 113 Å². The van der Waals surface area contributed by atoms with Crippen LogP contribution in [0.1, 0.15) is 66.2 Å². The number of esters is 1. The van der Waals surface area contributed by atoms with Crippen molar-refractivity contribution in [3.05, 3.63) is 67.3 Å². The highest BCUT2D eigenvalue weighted by atomic mass is 32.2. The Kier molecular flexibility index (Phi) is 12.4. The number of amides is 5. The number of methoxy groups -OCH3 is 1. The molecule has 336 valence electrons. The summed E-state index contributed by atoms with van der Waals surface area (Å²) in [4.78, 5) is 87.3. The number of nitrogens with one attached hydrogen (secondary N) is 4. The molecular weight excluding hydrogens is 837 g/mol. The van der Waals surface area contributed by atoms with Crippen molar-refractivity contribution in [1.82, 2.24) is 30.6 Å². The molecule has 7 rings (SSSR count). The van der Waals surface area contributed by atoms with Crippen LogP contribution >= 0.6 is 0 Å². The number of likely N-dealkylation sites (tertiary alicyclic amines) is 1. The van der Waals surface area contributed by atoms with Crippen LogP contribution in [0.2, 0.25) is 0 Å². The van der Waals surface area contributed by atoms with Crippen molar-refractivity contribution in [3.63, 3.8) is 0 Å². The number of carbonyl (C=O) groups excluding carboxylic acids is 6. The summed E-state index contributed by atoms with van der Waals surface area (Å²) in [7, 11) is -2.45. The first-order valence-electron chi connectivity index (χ1n) is 20.8. The number of rotatable bonds is 16. The third kappa shape index (κ3) is 10.0. The fourth-order valence-corrected chi connectivity index (χ4v) is 9.14. The SMILES string of the molecule is C=C[C@@H]1C[C@]1(NC(=O)C1C[C@@H](Oc2cc(-c3ccccc3)nc3cc(OC)ccc23)CN1C(=O)[C@H](CCC(=O)N[C@@H]1C(=O)O[C@@H]1C)NC(=O)OC(C)(C)C)C(=O)NS(=O)(=O)C1CC1. The van der Waals surface area contributed by atoms with Crippen LogP contribution in [0, 0.1) is 5.92 Å². The van der Waals surface area contributed by atoms with Crippen molar-refractivity contribution >= 4 is 56.6 Å². The van der Waals surface area contributed by atoms with E-state index >= 15 is 0 Å². The molecule has 19 heteroatoms. The van der Waals surface area contributed by atoms with Crippen molar-refractivity contribution in [2.24, 2.45) is 5.92 Å². The largest absolute Gasteiger partial charge is 0.497 e. The van der Waals surface area contributed by atoms with Crippen molar-refractivity contribution in [1.29, 1.82) is 0 Å². The summed E-state index contributed by atoms with van der Waals surface area (Å²) in [6.07, 6.45) is -0.709. The predicted octanol–water partition coefficient (Wildman–Crippen LogP) is 3.03. The van der Waals surface area contributed by atoms with Crippen LogP contribution in [0.5, 0.6) is 11.5 Å². The molecule has 2 saturated heterocycles. The maximum absolute atomic E-state index is 14.8. The van der Waals surface area contributed by atoms with Crippen LogP contribution in [0.4, 0.5) is 4.79 Å². The molecule has 3 aromatic rings. The summed E-state index contributed by atoms with van der Waals surface area (Å²) in [5.41, 5.74) is -0.701. The Labute approximate surface area is 364 Å². The van der Waals surface area contributed by atoms with Crippen molar-refractivity contribution < 1.29 is 56.1 Å². The molecule has 2 aromatic carbocycles. The summed E-state index contributed by atoms with van der Waals surface area (Å²) >= 11 is 0. The molecule has 5 amide bonds. The number of cyclic esters (lactones) is 1. The fourth-order valence-electron chi connectivity index (χ4n) is 7.78. The molecule has 4 fully saturated rings. The molecule has 4 aliphatic rings. The second kappa shape index (κ2) is 17.5. The minimum atomic E-state index is -3.98. The fraction of sp³-hybridized carbons (Fsp3) is 0.477. The number of nitrogens with zero attached hydrogens (tertiary/aromatic N) is 2. The number of sulfonamides is 1. The molecule has 0 bridgehead atoms. The van der Waals surface area contributed by atoms with Gasteiger partial charge in [0.1, 0.15) is 46.9 Å². The van der Waals surface area contributed by atoms with E-state index in [-0.39, 0.29) is 32.2 Å². The number of fused-ring (bicyclic) bond motifs is 1. The number of hydrogen-bond donors (Lipinski definition) is 4. The number of aromatic nitrogens is 1. The summed E-state index contributed by atoms with van der Waals surface area (Å²) in [5.74, 6) is -3.31. The Morgan fingerprint density at radius 2 is 1.81 bits per heavy atom. The smallest absolute Gasteiger partial charge is 0.408 e. The third-order valence-corrected chi connectivity index (χ3v) is 13.2. The summed E-state index contributed by atoms with van der Waals surface area (Å²) in [6, 6.07) is 12.8. The van der Waals surface area contributed by atoms with Crippen LogP contribution in [-0.2, 0) is 43.5 Å². The molecule has 4 N–H and O–H groups in total. The molecule has 2 saturated carbocycles. The van der Waals surface area contributed by atoms with Gasteiger partial charge in [-0.05, 0) is 65.5 Å². The molecule has 2 aliphatic carbocycles. The van der Waals surface area contributed by atoms with E-state index in [1.54, 1.807) is 52.0 Å². The maximum atomic E-state index is 14.8. The normalized spacial score (nSPS) is 24.5. The lowest BCUT2D eigenvalue weighted by Crippen LogP contribution is -2.59. The number of ether oxygens (including phenoxy) is 4. The minimum absolute atomic E-state index is 0.0642. The topological polar surface area (TPSA) is 238 Å². The highest BCUT2D eigenvalue weighted by Gasteiger charge is 2.62. The Balaban J connectivity index is 1.20. The first-order chi connectivity index (χ1) is 29.8. The van der Waals surface area contributed by atoms with Gasteiger partial charge in [-0.2, -0.15) is 0 Å². The summed E-state index contributed by atoms with van der Waals surface area (Å²) in [6.45, 7) is 10.1. The molecule has 1 aromatic heterocycles. The second-order valence-electron chi connectivity index (χ2n) is 17.3. The summed E-state index contributed by atoms with van der Waals surface area (Å²) in [5, 5.41) is 7.82. The molecule has 0 radical (unpaired) electrons. The van der Waals surface area contributed by atoms with Gasteiger partial charge in [0.25, 0.3) is 5.91 Å². The van der Waals surface area contributed by atoms with Gasteiger partial charge < -0.3 is 39.8 Å². The standard InChI is InChI=1S/C44H52N6O12S/c1-7-26-22-44(26,41(55)49-63(57,58)29-14-15-29)48-38(52)34-20-28(61-35-21-32(25-11-9-8-10-12-25)45-33-19-27(59-6)13-16-30(33)35)23-50(34)39(53)31(46-42(56)62-43(3,4)5)17-18-36(51)47-37-24(2)60-40(37)54/h7-13,16,19,21,24,26,28-29,31,34,37H,1,14-15,17-18,20,22-23H2,2-6H3,(H,46,56)(H,47,51)(H,48,52)(H,49,55)/t24-,26-,28-,31+,34?,37+,44-/m1/s1. The van der Waals surface area contributed by atoms with E-state index in [2.05, 4.69) is 27.3 Å². The zero-order valence-electron chi connectivity index (χ0n) is 35.7. The average molecular weight is 889 g/mol. The predicted molar refractivity (Wildman–Crippen MR) is 227 cm³/mol. The average Bonchev–Trinajstić information content (AvgIpc) is 4.17.